The van der Waals surface area contributed by atoms with Gasteiger partial charge in [0.2, 0.25) is 0 Å². The van der Waals surface area contributed by atoms with Crippen LogP contribution in [0.15, 0.2) is 59.5 Å². The average molecular weight is 344 g/mol. The first kappa shape index (κ1) is 13.5. The van der Waals surface area contributed by atoms with Gasteiger partial charge in [-0.3, -0.25) is 4.98 Å². The van der Waals surface area contributed by atoms with E-state index in [4.69, 9.17) is 0 Å². The van der Waals surface area contributed by atoms with Gasteiger partial charge in [0.15, 0.2) is 0 Å². The van der Waals surface area contributed by atoms with Gasteiger partial charge in [-0.05, 0) is 18.2 Å². The van der Waals surface area contributed by atoms with Gasteiger partial charge in [-0.25, -0.2) is 9.48 Å². The molecule has 0 bridgehead atoms. The van der Waals surface area contributed by atoms with E-state index in [0.29, 0.717) is 5.69 Å². The molecule has 0 aliphatic carbocycles. The van der Waals surface area contributed by atoms with Gasteiger partial charge in [0.25, 0.3) is 0 Å². The SMILES string of the molecule is O=C(O)c1cn(-c2ccncc2)nc1-c1ccccc1Br. The minimum atomic E-state index is -1.01. The molecule has 6 heteroatoms. The van der Waals surface area contributed by atoms with Crippen LogP contribution in [0.2, 0.25) is 0 Å². The van der Waals surface area contributed by atoms with Crippen molar-refractivity contribution in [2.75, 3.05) is 0 Å². The van der Waals surface area contributed by atoms with Crippen molar-refractivity contribution in [3.8, 4) is 16.9 Å². The number of nitrogens with zero attached hydrogens (tertiary/aromatic N) is 3. The summed E-state index contributed by atoms with van der Waals surface area (Å²) in [5.74, 6) is -1.01. The molecule has 5 nitrogen and oxygen atoms in total. The largest absolute Gasteiger partial charge is 0.478 e. The summed E-state index contributed by atoms with van der Waals surface area (Å²) in [6.07, 6.45) is 4.78. The van der Waals surface area contributed by atoms with Gasteiger partial charge in [-0.2, -0.15) is 5.10 Å². The lowest BCUT2D eigenvalue weighted by Crippen LogP contribution is -1.96. The minimum Gasteiger partial charge on any atom is -0.478 e. The molecule has 3 rings (SSSR count). The monoisotopic (exact) mass is 343 g/mol. The number of aromatic carboxylic acids is 1. The zero-order valence-corrected chi connectivity index (χ0v) is 12.4. The smallest absolute Gasteiger partial charge is 0.339 e. The van der Waals surface area contributed by atoms with E-state index in [0.717, 1.165) is 15.7 Å². The average Bonchev–Trinajstić information content (AvgIpc) is 2.94. The zero-order chi connectivity index (χ0) is 14.8. The number of rotatable bonds is 3. The summed E-state index contributed by atoms with van der Waals surface area (Å²) in [6, 6.07) is 10.9. The van der Waals surface area contributed by atoms with E-state index in [1.54, 1.807) is 29.2 Å². The Kier molecular flexibility index (Phi) is 3.53. The fraction of sp³-hybridized carbons (Fsp3) is 0. The maximum atomic E-state index is 11.5. The van der Waals surface area contributed by atoms with Crippen molar-refractivity contribution in [1.29, 1.82) is 0 Å². The first-order chi connectivity index (χ1) is 10.2. The minimum absolute atomic E-state index is 0.152. The van der Waals surface area contributed by atoms with Crippen molar-refractivity contribution in [1.82, 2.24) is 14.8 Å². The van der Waals surface area contributed by atoms with Gasteiger partial charge in [-0.1, -0.05) is 34.1 Å². The van der Waals surface area contributed by atoms with Gasteiger partial charge < -0.3 is 5.11 Å². The van der Waals surface area contributed by atoms with Crippen LogP contribution in [0.4, 0.5) is 0 Å². The predicted molar refractivity (Wildman–Crippen MR) is 81.5 cm³/mol. The molecule has 0 fully saturated rings. The van der Waals surface area contributed by atoms with Crippen LogP contribution in [-0.4, -0.2) is 25.8 Å². The topological polar surface area (TPSA) is 68.0 Å². The molecule has 0 aliphatic heterocycles. The third-order valence-corrected chi connectivity index (χ3v) is 3.69. The molecule has 0 spiro atoms. The maximum Gasteiger partial charge on any atom is 0.339 e. The van der Waals surface area contributed by atoms with Crippen molar-refractivity contribution in [2.45, 2.75) is 0 Å². The molecular formula is C15H10BrN3O2. The lowest BCUT2D eigenvalue weighted by Gasteiger charge is -2.02. The molecule has 0 aliphatic rings. The maximum absolute atomic E-state index is 11.5. The lowest BCUT2D eigenvalue weighted by molar-refractivity contribution is 0.0697. The van der Waals surface area contributed by atoms with Crippen LogP contribution >= 0.6 is 15.9 Å². The molecule has 2 aromatic heterocycles. The number of carbonyl (C=O) groups is 1. The number of aromatic nitrogens is 3. The highest BCUT2D eigenvalue weighted by Crippen LogP contribution is 2.30. The normalized spacial score (nSPS) is 10.5. The van der Waals surface area contributed by atoms with E-state index in [-0.39, 0.29) is 5.56 Å². The Morgan fingerprint density at radius 2 is 1.86 bits per heavy atom. The Labute approximate surface area is 129 Å². The van der Waals surface area contributed by atoms with Crippen LogP contribution in [0.3, 0.4) is 0 Å². The molecule has 2 heterocycles. The summed E-state index contributed by atoms with van der Waals surface area (Å²) < 4.78 is 2.34. The quantitative estimate of drug-likeness (QED) is 0.791. The molecule has 1 N–H and O–H groups in total. The van der Waals surface area contributed by atoms with Crippen molar-refractivity contribution in [2.24, 2.45) is 0 Å². The second-order valence-corrected chi connectivity index (χ2v) is 5.18. The van der Waals surface area contributed by atoms with E-state index < -0.39 is 5.97 Å². The van der Waals surface area contributed by atoms with Gasteiger partial charge in [0, 0.05) is 28.6 Å². The fourth-order valence-corrected chi connectivity index (χ4v) is 2.48. The van der Waals surface area contributed by atoms with E-state index in [1.807, 2.05) is 24.3 Å². The Morgan fingerprint density at radius 1 is 1.14 bits per heavy atom. The number of benzene rings is 1. The van der Waals surface area contributed by atoms with Crippen molar-refractivity contribution < 1.29 is 9.90 Å². The number of carboxylic acid groups (broad SMARTS) is 1. The third kappa shape index (κ3) is 2.57. The van der Waals surface area contributed by atoms with Crippen LogP contribution in [0.25, 0.3) is 16.9 Å². The molecule has 0 saturated carbocycles. The second-order valence-electron chi connectivity index (χ2n) is 4.33. The highest BCUT2D eigenvalue weighted by atomic mass is 79.9. The number of carboxylic acids is 1. The molecule has 0 amide bonds. The summed E-state index contributed by atoms with van der Waals surface area (Å²) >= 11 is 3.43. The van der Waals surface area contributed by atoms with Crippen molar-refractivity contribution >= 4 is 21.9 Å². The van der Waals surface area contributed by atoms with Crippen LogP contribution in [0.5, 0.6) is 0 Å². The predicted octanol–water partition coefficient (Wildman–Crippen LogP) is 3.40. The first-order valence-corrected chi connectivity index (χ1v) is 6.94. The Morgan fingerprint density at radius 3 is 2.52 bits per heavy atom. The summed E-state index contributed by atoms with van der Waals surface area (Å²) in [6.45, 7) is 0. The van der Waals surface area contributed by atoms with Gasteiger partial charge in [0.05, 0.1) is 5.69 Å². The van der Waals surface area contributed by atoms with Gasteiger partial charge in [-0.15, -0.1) is 0 Å². The third-order valence-electron chi connectivity index (χ3n) is 3.00. The lowest BCUT2D eigenvalue weighted by atomic mass is 10.1. The van der Waals surface area contributed by atoms with Crippen molar-refractivity contribution in [3.63, 3.8) is 0 Å². The Balaban J connectivity index is 2.19. The number of hydrogen-bond donors (Lipinski definition) is 1. The van der Waals surface area contributed by atoms with Crippen LogP contribution in [0.1, 0.15) is 10.4 Å². The second kappa shape index (κ2) is 5.49. The number of pyridine rings is 1. The van der Waals surface area contributed by atoms with E-state index >= 15 is 0 Å². The summed E-state index contributed by atoms with van der Waals surface area (Å²) in [4.78, 5) is 15.4. The summed E-state index contributed by atoms with van der Waals surface area (Å²) in [5, 5.41) is 13.8. The standard InChI is InChI=1S/C15H10BrN3O2/c16-13-4-2-1-3-11(13)14-12(15(20)21)9-19(18-14)10-5-7-17-8-6-10/h1-9H,(H,20,21). The molecule has 104 valence electrons. The molecule has 0 saturated heterocycles. The van der Waals surface area contributed by atoms with Gasteiger partial charge >= 0.3 is 5.97 Å². The molecule has 0 atom stereocenters. The van der Waals surface area contributed by atoms with Crippen molar-refractivity contribution in [3.05, 3.63) is 65.0 Å². The van der Waals surface area contributed by atoms with Crippen LogP contribution < -0.4 is 0 Å². The van der Waals surface area contributed by atoms with Gasteiger partial charge in [0.1, 0.15) is 11.3 Å². The molecule has 1 aromatic carbocycles. The van der Waals surface area contributed by atoms with E-state index in [9.17, 15) is 9.90 Å². The fourth-order valence-electron chi connectivity index (χ4n) is 2.01. The first-order valence-electron chi connectivity index (χ1n) is 6.15. The summed E-state index contributed by atoms with van der Waals surface area (Å²) in [7, 11) is 0. The molecule has 3 aromatic rings. The highest BCUT2D eigenvalue weighted by molar-refractivity contribution is 9.10. The molecule has 0 radical (unpaired) electrons. The number of halogens is 1. The Bertz CT molecular complexity index is 800. The van der Waals surface area contributed by atoms with Crippen LogP contribution in [-0.2, 0) is 0 Å². The zero-order valence-electron chi connectivity index (χ0n) is 10.8. The highest BCUT2D eigenvalue weighted by Gasteiger charge is 2.19. The van der Waals surface area contributed by atoms with E-state index in [1.165, 1.54) is 6.20 Å². The molecule has 0 unspecified atom stereocenters. The molecule has 21 heavy (non-hydrogen) atoms. The summed E-state index contributed by atoms with van der Waals surface area (Å²) in [5.41, 5.74) is 2.07. The van der Waals surface area contributed by atoms with E-state index in [2.05, 4.69) is 26.0 Å². The Hall–Kier alpha value is -2.47. The van der Waals surface area contributed by atoms with Crippen LogP contribution in [0, 0.1) is 0 Å². The number of hydrogen-bond acceptors (Lipinski definition) is 3. The molecular weight excluding hydrogens is 334 g/mol.